The second-order valence-corrected chi connectivity index (χ2v) is 3.34. The first kappa shape index (κ1) is 10.1. The van der Waals surface area contributed by atoms with Gasteiger partial charge in [-0.05, 0) is 0 Å². The summed E-state index contributed by atoms with van der Waals surface area (Å²) in [5.41, 5.74) is 5.51. The summed E-state index contributed by atoms with van der Waals surface area (Å²) in [6, 6.07) is -0.597. The molecule has 1 atom stereocenters. The summed E-state index contributed by atoms with van der Waals surface area (Å²) in [7, 11) is 1.32. The van der Waals surface area contributed by atoms with Gasteiger partial charge in [-0.15, -0.1) is 0 Å². The summed E-state index contributed by atoms with van der Waals surface area (Å²) < 4.78 is 4.47. The minimum absolute atomic E-state index is 0.404. The zero-order chi connectivity index (χ0) is 9.68. The van der Waals surface area contributed by atoms with Crippen LogP contribution in [0.4, 0.5) is 0 Å². The van der Waals surface area contributed by atoms with Gasteiger partial charge in [0.25, 0.3) is 0 Å². The molecule has 0 radical (unpaired) electrons. The molecule has 0 amide bonds. The zero-order valence-corrected chi connectivity index (χ0v) is 8.00. The average molecular weight is 201 g/mol. The van der Waals surface area contributed by atoms with Gasteiger partial charge >= 0.3 is 5.97 Å². The monoisotopic (exact) mass is 201 g/mol. The number of methoxy groups -OCH3 is 1. The standard InChI is InChI=1S/C7H11N3O2S/c1-12-6(11)5(8)4-13-7-9-2-3-10-7/h2-3,5H,4,8H2,1H3,(H,9,10). The predicted molar refractivity (Wildman–Crippen MR) is 49.3 cm³/mol. The van der Waals surface area contributed by atoms with Crippen LogP contribution in [-0.4, -0.2) is 34.8 Å². The Morgan fingerprint density at radius 2 is 2.69 bits per heavy atom. The van der Waals surface area contributed by atoms with E-state index in [0.29, 0.717) is 5.75 Å². The lowest BCUT2D eigenvalue weighted by Crippen LogP contribution is -2.33. The van der Waals surface area contributed by atoms with Crippen LogP contribution in [0.2, 0.25) is 0 Å². The number of esters is 1. The molecule has 1 aromatic heterocycles. The topological polar surface area (TPSA) is 81.0 Å². The van der Waals surface area contributed by atoms with Crippen molar-refractivity contribution < 1.29 is 9.53 Å². The minimum atomic E-state index is -0.597. The Balaban J connectivity index is 2.30. The van der Waals surface area contributed by atoms with Crippen LogP contribution < -0.4 is 5.73 Å². The van der Waals surface area contributed by atoms with Gasteiger partial charge in [-0.1, -0.05) is 11.8 Å². The van der Waals surface area contributed by atoms with Gasteiger partial charge in [-0.2, -0.15) is 0 Å². The molecule has 0 aliphatic rings. The van der Waals surface area contributed by atoms with Crippen molar-refractivity contribution in [2.45, 2.75) is 11.2 Å². The van der Waals surface area contributed by atoms with Crippen LogP contribution >= 0.6 is 11.8 Å². The van der Waals surface area contributed by atoms with E-state index in [1.54, 1.807) is 12.4 Å². The fraction of sp³-hybridized carbons (Fsp3) is 0.429. The molecule has 13 heavy (non-hydrogen) atoms. The Kier molecular flexibility index (Phi) is 3.78. The molecule has 0 aromatic carbocycles. The molecular weight excluding hydrogens is 190 g/mol. The van der Waals surface area contributed by atoms with Crippen LogP contribution in [0.3, 0.4) is 0 Å². The summed E-state index contributed by atoms with van der Waals surface area (Å²) in [6.45, 7) is 0. The van der Waals surface area contributed by atoms with Crippen molar-refractivity contribution in [3.63, 3.8) is 0 Å². The van der Waals surface area contributed by atoms with Crippen LogP contribution in [0.5, 0.6) is 0 Å². The first-order valence-electron chi connectivity index (χ1n) is 3.69. The maximum atomic E-state index is 10.9. The van der Waals surface area contributed by atoms with E-state index >= 15 is 0 Å². The first-order valence-corrected chi connectivity index (χ1v) is 4.68. The Hall–Kier alpha value is -1.01. The molecule has 1 unspecified atom stereocenters. The number of carbonyl (C=O) groups excluding carboxylic acids is 1. The lowest BCUT2D eigenvalue weighted by Gasteiger charge is -2.06. The van der Waals surface area contributed by atoms with Crippen molar-refractivity contribution in [2.75, 3.05) is 12.9 Å². The van der Waals surface area contributed by atoms with Gasteiger partial charge in [0.15, 0.2) is 5.16 Å². The summed E-state index contributed by atoms with van der Waals surface area (Å²) in [4.78, 5) is 17.7. The van der Waals surface area contributed by atoms with Gasteiger partial charge in [0, 0.05) is 18.1 Å². The number of hydrogen-bond acceptors (Lipinski definition) is 5. The van der Waals surface area contributed by atoms with Crippen LogP contribution in [0.1, 0.15) is 0 Å². The first-order chi connectivity index (χ1) is 6.24. The fourth-order valence-electron chi connectivity index (χ4n) is 0.718. The number of aromatic nitrogens is 2. The SMILES string of the molecule is COC(=O)C(N)CSc1ncc[nH]1. The van der Waals surface area contributed by atoms with Crippen LogP contribution in [-0.2, 0) is 9.53 Å². The molecule has 1 heterocycles. The van der Waals surface area contributed by atoms with Crippen molar-refractivity contribution in [3.05, 3.63) is 12.4 Å². The summed E-state index contributed by atoms with van der Waals surface area (Å²) in [6.07, 6.45) is 3.36. The van der Waals surface area contributed by atoms with E-state index in [4.69, 9.17) is 5.73 Å². The molecule has 0 saturated carbocycles. The smallest absolute Gasteiger partial charge is 0.323 e. The quantitative estimate of drug-likeness (QED) is 0.529. The average Bonchev–Trinajstić information content (AvgIpc) is 2.65. The van der Waals surface area contributed by atoms with Crippen LogP contribution in [0.15, 0.2) is 17.6 Å². The molecule has 0 bridgehead atoms. The van der Waals surface area contributed by atoms with E-state index < -0.39 is 12.0 Å². The molecule has 72 valence electrons. The lowest BCUT2D eigenvalue weighted by atomic mass is 10.4. The molecule has 3 N–H and O–H groups in total. The summed E-state index contributed by atoms with van der Waals surface area (Å²) >= 11 is 1.39. The Morgan fingerprint density at radius 3 is 3.23 bits per heavy atom. The van der Waals surface area contributed by atoms with Gasteiger partial charge < -0.3 is 15.5 Å². The number of nitrogens with two attached hydrogens (primary N) is 1. The molecule has 0 spiro atoms. The van der Waals surface area contributed by atoms with Crippen LogP contribution in [0, 0.1) is 0 Å². The highest BCUT2D eigenvalue weighted by atomic mass is 32.2. The van der Waals surface area contributed by atoms with E-state index in [-0.39, 0.29) is 0 Å². The second kappa shape index (κ2) is 4.88. The summed E-state index contributed by atoms with van der Waals surface area (Å²) in [5.74, 6) is 0.0549. The molecule has 0 aliphatic heterocycles. The predicted octanol–water partition coefficient (Wildman–Crippen LogP) is 0.00210. The summed E-state index contributed by atoms with van der Waals surface area (Å²) in [5, 5.41) is 0.749. The maximum Gasteiger partial charge on any atom is 0.323 e. The minimum Gasteiger partial charge on any atom is -0.468 e. The zero-order valence-electron chi connectivity index (χ0n) is 7.19. The lowest BCUT2D eigenvalue weighted by molar-refractivity contribution is -0.141. The molecule has 0 saturated heterocycles. The highest BCUT2D eigenvalue weighted by molar-refractivity contribution is 7.99. The Morgan fingerprint density at radius 1 is 1.92 bits per heavy atom. The van der Waals surface area contributed by atoms with Crippen molar-refractivity contribution in [1.29, 1.82) is 0 Å². The van der Waals surface area contributed by atoms with Crippen molar-refractivity contribution in [1.82, 2.24) is 9.97 Å². The number of rotatable bonds is 4. The Bertz CT molecular complexity index is 263. The van der Waals surface area contributed by atoms with Gasteiger partial charge in [-0.25, -0.2) is 4.98 Å². The van der Waals surface area contributed by atoms with E-state index in [9.17, 15) is 4.79 Å². The molecule has 6 heteroatoms. The second-order valence-electron chi connectivity index (χ2n) is 2.33. The maximum absolute atomic E-state index is 10.9. The van der Waals surface area contributed by atoms with Crippen molar-refractivity contribution >= 4 is 17.7 Å². The van der Waals surface area contributed by atoms with Gasteiger partial charge in [0.05, 0.1) is 7.11 Å². The molecule has 1 rings (SSSR count). The fourth-order valence-corrected chi connectivity index (χ4v) is 1.48. The largest absolute Gasteiger partial charge is 0.468 e. The highest BCUT2D eigenvalue weighted by Crippen LogP contribution is 2.12. The normalized spacial score (nSPS) is 12.5. The number of ether oxygens (including phenoxy) is 1. The van der Waals surface area contributed by atoms with E-state index in [1.807, 2.05) is 0 Å². The number of hydrogen-bond donors (Lipinski definition) is 2. The van der Waals surface area contributed by atoms with Gasteiger partial charge in [-0.3, -0.25) is 4.79 Å². The number of aromatic amines is 1. The van der Waals surface area contributed by atoms with Gasteiger partial charge in [0.2, 0.25) is 0 Å². The number of carbonyl (C=O) groups is 1. The number of nitrogens with zero attached hydrogens (tertiary/aromatic N) is 1. The van der Waals surface area contributed by atoms with Crippen molar-refractivity contribution in [2.24, 2.45) is 5.73 Å². The number of H-pyrrole nitrogens is 1. The van der Waals surface area contributed by atoms with E-state index in [1.165, 1.54) is 18.9 Å². The number of thioether (sulfide) groups is 1. The van der Waals surface area contributed by atoms with E-state index in [0.717, 1.165) is 5.16 Å². The third-order valence-electron chi connectivity index (χ3n) is 1.38. The third-order valence-corrected chi connectivity index (χ3v) is 2.40. The van der Waals surface area contributed by atoms with Crippen molar-refractivity contribution in [3.8, 4) is 0 Å². The van der Waals surface area contributed by atoms with E-state index in [2.05, 4.69) is 14.7 Å². The molecule has 0 fully saturated rings. The molecule has 5 nitrogen and oxygen atoms in total. The Labute approximate surface area is 80.1 Å². The van der Waals surface area contributed by atoms with Gasteiger partial charge in [0.1, 0.15) is 6.04 Å². The highest BCUT2D eigenvalue weighted by Gasteiger charge is 2.13. The number of imidazole rings is 1. The number of nitrogens with one attached hydrogen (secondary N) is 1. The third kappa shape index (κ3) is 3.08. The molecule has 0 aliphatic carbocycles. The van der Waals surface area contributed by atoms with Crippen LogP contribution in [0.25, 0.3) is 0 Å². The molecule has 1 aromatic rings. The molecular formula is C7H11N3O2S.